The van der Waals surface area contributed by atoms with Gasteiger partial charge >= 0.3 is 12.1 Å². The number of esters is 1. The van der Waals surface area contributed by atoms with Gasteiger partial charge in [0.25, 0.3) is 0 Å². The van der Waals surface area contributed by atoms with Gasteiger partial charge in [0, 0.05) is 0 Å². The second kappa shape index (κ2) is 4.96. The minimum atomic E-state index is -4.70. The van der Waals surface area contributed by atoms with Crippen LogP contribution in [0.4, 0.5) is 13.2 Å². The Bertz CT molecular complexity index is 517. The van der Waals surface area contributed by atoms with Crippen molar-refractivity contribution in [3.8, 4) is 11.8 Å². The molecule has 18 heavy (non-hydrogen) atoms. The smallest absolute Gasteiger partial charge is 0.417 e. The lowest BCUT2D eigenvalue weighted by molar-refractivity contribution is -0.137. The lowest BCUT2D eigenvalue weighted by Gasteiger charge is -2.14. The molecule has 0 spiro atoms. The average Bonchev–Trinajstić information content (AvgIpc) is 2.34. The Morgan fingerprint density at radius 3 is 2.33 bits per heavy atom. The summed E-state index contributed by atoms with van der Waals surface area (Å²) in [5.74, 6) is -1.32. The van der Waals surface area contributed by atoms with Crippen LogP contribution in [0.15, 0.2) is 12.1 Å². The fourth-order valence-electron chi connectivity index (χ4n) is 1.41. The van der Waals surface area contributed by atoms with E-state index in [0.717, 1.165) is 20.3 Å². The molecule has 0 fully saturated rings. The summed E-state index contributed by atoms with van der Waals surface area (Å²) >= 11 is 0. The SMILES string of the molecule is COC(=O)c1ccc(C(F)(F)F)c(C#N)c1OC. The minimum absolute atomic E-state index is 0.232. The van der Waals surface area contributed by atoms with Gasteiger partial charge < -0.3 is 9.47 Å². The van der Waals surface area contributed by atoms with Crippen LogP contribution in [0, 0.1) is 11.3 Å². The van der Waals surface area contributed by atoms with Crippen molar-refractivity contribution in [2.45, 2.75) is 6.18 Å². The first-order valence-corrected chi connectivity index (χ1v) is 4.63. The number of rotatable bonds is 2. The lowest BCUT2D eigenvalue weighted by Crippen LogP contribution is -2.12. The van der Waals surface area contributed by atoms with Crippen molar-refractivity contribution in [3.63, 3.8) is 0 Å². The van der Waals surface area contributed by atoms with Crippen LogP contribution in [0.1, 0.15) is 21.5 Å². The van der Waals surface area contributed by atoms with Crippen molar-refractivity contribution in [2.24, 2.45) is 0 Å². The molecule has 0 unspecified atom stereocenters. The largest absolute Gasteiger partial charge is 0.494 e. The average molecular weight is 259 g/mol. The molecule has 0 bridgehead atoms. The zero-order chi connectivity index (χ0) is 13.9. The van der Waals surface area contributed by atoms with Crippen LogP contribution < -0.4 is 4.74 Å². The van der Waals surface area contributed by atoms with E-state index in [-0.39, 0.29) is 5.56 Å². The number of nitrogens with zero attached hydrogens (tertiary/aromatic N) is 1. The standard InChI is InChI=1S/C11H8F3NO3/c1-17-9-6(10(16)18-2)3-4-8(7(9)5-15)11(12,13)14/h3-4H,1-2H3. The Morgan fingerprint density at radius 2 is 1.94 bits per heavy atom. The van der Waals surface area contributed by atoms with Crippen molar-refractivity contribution >= 4 is 5.97 Å². The van der Waals surface area contributed by atoms with Crippen LogP contribution >= 0.6 is 0 Å². The number of alkyl halides is 3. The van der Waals surface area contributed by atoms with Gasteiger partial charge in [-0.1, -0.05) is 0 Å². The molecule has 0 atom stereocenters. The van der Waals surface area contributed by atoms with Gasteiger partial charge in [-0.05, 0) is 12.1 Å². The van der Waals surface area contributed by atoms with Gasteiger partial charge in [0.05, 0.1) is 19.8 Å². The number of methoxy groups -OCH3 is 2. The van der Waals surface area contributed by atoms with Gasteiger partial charge in [0.1, 0.15) is 17.2 Å². The van der Waals surface area contributed by atoms with Gasteiger partial charge in [-0.15, -0.1) is 0 Å². The van der Waals surface area contributed by atoms with Gasteiger partial charge in [-0.3, -0.25) is 0 Å². The maximum atomic E-state index is 12.6. The Hall–Kier alpha value is -2.23. The van der Waals surface area contributed by atoms with E-state index in [1.54, 1.807) is 0 Å². The highest BCUT2D eigenvalue weighted by molar-refractivity contribution is 5.93. The predicted molar refractivity (Wildman–Crippen MR) is 54.1 cm³/mol. The van der Waals surface area contributed by atoms with E-state index < -0.39 is 29.0 Å². The zero-order valence-electron chi connectivity index (χ0n) is 9.46. The number of ether oxygens (including phenoxy) is 2. The molecular formula is C11H8F3NO3. The highest BCUT2D eigenvalue weighted by atomic mass is 19.4. The number of carbonyl (C=O) groups is 1. The summed E-state index contributed by atoms with van der Waals surface area (Å²) in [7, 11) is 2.15. The minimum Gasteiger partial charge on any atom is -0.494 e. The second-order valence-electron chi connectivity index (χ2n) is 3.17. The summed E-state index contributed by atoms with van der Waals surface area (Å²) in [6, 6.07) is 2.95. The van der Waals surface area contributed by atoms with Gasteiger partial charge in [0.2, 0.25) is 0 Å². The van der Waals surface area contributed by atoms with Crippen LogP contribution in [0.3, 0.4) is 0 Å². The summed E-state index contributed by atoms with van der Waals surface area (Å²) in [6.45, 7) is 0. The van der Waals surface area contributed by atoms with E-state index in [9.17, 15) is 18.0 Å². The summed E-state index contributed by atoms with van der Waals surface area (Å²) in [4.78, 5) is 11.3. The predicted octanol–water partition coefficient (Wildman–Crippen LogP) is 2.37. The van der Waals surface area contributed by atoms with E-state index in [0.29, 0.717) is 6.07 Å². The lowest BCUT2D eigenvalue weighted by atomic mass is 10.0. The van der Waals surface area contributed by atoms with Crippen molar-refractivity contribution < 1.29 is 27.4 Å². The molecule has 0 heterocycles. The number of hydrogen-bond acceptors (Lipinski definition) is 4. The first-order chi connectivity index (χ1) is 8.36. The van der Waals surface area contributed by atoms with Crippen LogP contribution in [0.5, 0.6) is 5.75 Å². The topological polar surface area (TPSA) is 59.3 Å². The van der Waals surface area contributed by atoms with Crippen molar-refractivity contribution in [3.05, 3.63) is 28.8 Å². The normalized spacial score (nSPS) is 10.7. The Morgan fingerprint density at radius 1 is 1.33 bits per heavy atom. The number of carbonyl (C=O) groups excluding carboxylic acids is 1. The molecular weight excluding hydrogens is 251 g/mol. The third kappa shape index (κ3) is 2.37. The third-order valence-electron chi connectivity index (χ3n) is 2.18. The van der Waals surface area contributed by atoms with Crippen LogP contribution in [0.2, 0.25) is 0 Å². The van der Waals surface area contributed by atoms with E-state index in [1.165, 1.54) is 6.07 Å². The van der Waals surface area contributed by atoms with Crippen LogP contribution in [-0.4, -0.2) is 20.2 Å². The number of halogens is 3. The molecule has 1 aromatic rings. The first-order valence-electron chi connectivity index (χ1n) is 4.63. The number of hydrogen-bond donors (Lipinski definition) is 0. The molecule has 0 saturated carbocycles. The third-order valence-corrected chi connectivity index (χ3v) is 2.18. The monoisotopic (exact) mass is 259 g/mol. The molecule has 1 aromatic carbocycles. The Labute approximate surface area is 101 Å². The molecule has 0 N–H and O–H groups in total. The van der Waals surface area contributed by atoms with E-state index in [1.807, 2.05) is 0 Å². The second-order valence-corrected chi connectivity index (χ2v) is 3.17. The molecule has 0 amide bonds. The summed E-state index contributed by atoms with van der Waals surface area (Å²) < 4.78 is 47.0. The summed E-state index contributed by atoms with van der Waals surface area (Å²) in [5, 5.41) is 8.79. The maximum Gasteiger partial charge on any atom is 0.417 e. The molecule has 0 aliphatic carbocycles. The highest BCUT2D eigenvalue weighted by Crippen LogP contribution is 2.37. The van der Waals surface area contributed by atoms with Crippen LogP contribution in [0.25, 0.3) is 0 Å². The molecule has 0 radical (unpaired) electrons. The molecule has 96 valence electrons. The van der Waals surface area contributed by atoms with Crippen LogP contribution in [-0.2, 0) is 10.9 Å². The van der Waals surface area contributed by atoms with Crippen molar-refractivity contribution in [1.82, 2.24) is 0 Å². The quantitative estimate of drug-likeness (QED) is 0.765. The molecule has 0 aromatic heterocycles. The van der Waals surface area contributed by atoms with Gasteiger partial charge in [-0.2, -0.15) is 18.4 Å². The fourth-order valence-corrected chi connectivity index (χ4v) is 1.41. The fraction of sp³-hybridized carbons (Fsp3) is 0.273. The van der Waals surface area contributed by atoms with E-state index >= 15 is 0 Å². The zero-order valence-corrected chi connectivity index (χ0v) is 9.46. The molecule has 1 rings (SSSR count). The van der Waals surface area contributed by atoms with E-state index in [2.05, 4.69) is 4.74 Å². The molecule has 0 aliphatic heterocycles. The molecule has 0 saturated heterocycles. The Kier molecular flexibility index (Phi) is 3.81. The number of benzene rings is 1. The molecule has 7 heteroatoms. The van der Waals surface area contributed by atoms with E-state index in [4.69, 9.17) is 10.00 Å². The number of nitriles is 1. The van der Waals surface area contributed by atoms with Gasteiger partial charge in [0.15, 0.2) is 5.75 Å². The first kappa shape index (κ1) is 13.8. The molecule has 4 nitrogen and oxygen atoms in total. The Balaban J connectivity index is 3.58. The van der Waals surface area contributed by atoms with Gasteiger partial charge in [-0.25, -0.2) is 4.79 Å². The molecule has 0 aliphatic rings. The summed E-state index contributed by atoms with van der Waals surface area (Å²) in [5.41, 5.74) is -2.13. The van der Waals surface area contributed by atoms with Crippen molar-refractivity contribution in [2.75, 3.05) is 14.2 Å². The van der Waals surface area contributed by atoms with Crippen molar-refractivity contribution in [1.29, 1.82) is 5.26 Å². The summed E-state index contributed by atoms with van der Waals surface area (Å²) in [6.07, 6.45) is -4.70. The highest BCUT2D eigenvalue weighted by Gasteiger charge is 2.36. The maximum absolute atomic E-state index is 12.6.